The molecule has 0 bridgehead atoms. The van der Waals surface area contributed by atoms with E-state index in [0.29, 0.717) is 31.4 Å². The minimum Gasteiger partial charge on any atom is -0.436 e. The summed E-state index contributed by atoms with van der Waals surface area (Å²) >= 11 is 0. The molecular weight excluding hydrogens is 371 g/mol. The highest BCUT2D eigenvalue weighted by Gasteiger charge is 2.32. The van der Waals surface area contributed by atoms with Crippen LogP contribution in [0.15, 0.2) is 36.7 Å². The van der Waals surface area contributed by atoms with Crippen LogP contribution < -0.4 is 9.64 Å². The first-order chi connectivity index (χ1) is 14.1. The van der Waals surface area contributed by atoms with Crippen LogP contribution in [0.4, 0.5) is 10.2 Å². The number of anilines is 1. The van der Waals surface area contributed by atoms with Crippen molar-refractivity contribution in [3.63, 3.8) is 0 Å². The number of amides is 1. The number of nitrogens with zero attached hydrogens (tertiary/aromatic N) is 4. The van der Waals surface area contributed by atoms with E-state index in [-0.39, 0.29) is 17.7 Å². The van der Waals surface area contributed by atoms with Crippen molar-refractivity contribution < 1.29 is 13.9 Å². The van der Waals surface area contributed by atoms with Crippen molar-refractivity contribution in [2.75, 3.05) is 24.5 Å². The molecule has 2 fully saturated rings. The molecule has 4 rings (SSSR count). The molecule has 1 aromatic heterocycles. The molecule has 2 heterocycles. The summed E-state index contributed by atoms with van der Waals surface area (Å²) in [5, 5.41) is 0. The Hall–Kier alpha value is -2.70. The van der Waals surface area contributed by atoms with Crippen LogP contribution in [0.2, 0.25) is 0 Å². The number of rotatable bonds is 4. The molecule has 2 aromatic rings. The van der Waals surface area contributed by atoms with E-state index in [1.165, 1.54) is 18.8 Å². The van der Waals surface area contributed by atoms with Crippen LogP contribution in [0.25, 0.3) is 0 Å². The summed E-state index contributed by atoms with van der Waals surface area (Å²) in [6, 6.07) is 8.08. The average Bonchev–Trinajstić information content (AvgIpc) is 2.76. The highest BCUT2D eigenvalue weighted by Crippen LogP contribution is 2.29. The maximum atomic E-state index is 13.8. The van der Waals surface area contributed by atoms with Crippen LogP contribution in [0, 0.1) is 11.7 Å². The summed E-state index contributed by atoms with van der Waals surface area (Å²) in [6.45, 7) is 4.18. The largest absolute Gasteiger partial charge is 0.436 e. The summed E-state index contributed by atoms with van der Waals surface area (Å²) in [5.74, 6) is 1.22. The highest BCUT2D eigenvalue weighted by atomic mass is 19.1. The molecule has 0 spiro atoms. The second kappa shape index (κ2) is 8.76. The van der Waals surface area contributed by atoms with Crippen LogP contribution in [-0.4, -0.2) is 46.5 Å². The molecule has 2 aliphatic rings. The van der Waals surface area contributed by atoms with Crippen molar-refractivity contribution in [1.82, 2.24) is 14.9 Å². The Morgan fingerprint density at radius 3 is 2.69 bits per heavy atom. The predicted octanol–water partition coefficient (Wildman–Crippen LogP) is 4.03. The molecule has 0 unspecified atom stereocenters. The molecule has 29 heavy (non-hydrogen) atoms. The molecule has 1 aromatic carbocycles. The quantitative estimate of drug-likeness (QED) is 0.778. The zero-order chi connectivity index (χ0) is 20.2. The lowest BCUT2D eigenvalue weighted by Crippen LogP contribution is -2.55. The Morgan fingerprint density at radius 1 is 1.14 bits per heavy atom. The molecule has 1 atom stereocenters. The first kappa shape index (κ1) is 19.6. The fraction of sp³-hybridized carbons (Fsp3) is 0.500. The SMILES string of the molecule is C[C@H]1CN(c2cc(Oc3ccccc3F)ncn2)CCN1C(=O)C1CCCCC1. The Balaban J connectivity index is 1.41. The van der Waals surface area contributed by atoms with E-state index in [2.05, 4.69) is 21.8 Å². The second-order valence-electron chi connectivity index (χ2n) is 7.91. The average molecular weight is 398 g/mol. The van der Waals surface area contributed by atoms with E-state index in [9.17, 15) is 9.18 Å². The van der Waals surface area contributed by atoms with Gasteiger partial charge >= 0.3 is 0 Å². The normalized spacial score (nSPS) is 20.6. The van der Waals surface area contributed by atoms with Gasteiger partial charge in [0.15, 0.2) is 11.6 Å². The smallest absolute Gasteiger partial charge is 0.226 e. The van der Waals surface area contributed by atoms with Crippen molar-refractivity contribution >= 4 is 11.7 Å². The van der Waals surface area contributed by atoms with E-state index in [1.807, 2.05) is 4.90 Å². The van der Waals surface area contributed by atoms with Crippen LogP contribution in [0.1, 0.15) is 39.0 Å². The number of halogens is 1. The van der Waals surface area contributed by atoms with Gasteiger partial charge in [0.2, 0.25) is 11.8 Å². The topological polar surface area (TPSA) is 58.6 Å². The molecule has 154 valence electrons. The van der Waals surface area contributed by atoms with Gasteiger partial charge in [-0.3, -0.25) is 4.79 Å². The monoisotopic (exact) mass is 398 g/mol. The molecule has 1 saturated carbocycles. The van der Waals surface area contributed by atoms with Gasteiger partial charge in [-0.1, -0.05) is 31.4 Å². The van der Waals surface area contributed by atoms with Crippen molar-refractivity contribution in [3.8, 4) is 11.6 Å². The number of hydrogen-bond acceptors (Lipinski definition) is 5. The third-order valence-electron chi connectivity index (χ3n) is 5.87. The minimum atomic E-state index is -0.434. The van der Waals surface area contributed by atoms with E-state index in [0.717, 1.165) is 31.5 Å². The van der Waals surface area contributed by atoms with Crippen LogP contribution in [-0.2, 0) is 4.79 Å². The number of aromatic nitrogens is 2. The molecule has 1 aliphatic heterocycles. The summed E-state index contributed by atoms with van der Waals surface area (Å²) < 4.78 is 19.4. The maximum absolute atomic E-state index is 13.8. The molecule has 1 amide bonds. The van der Waals surface area contributed by atoms with Gasteiger partial charge in [0.25, 0.3) is 0 Å². The van der Waals surface area contributed by atoms with Crippen LogP contribution in [0.3, 0.4) is 0 Å². The fourth-order valence-electron chi connectivity index (χ4n) is 4.28. The molecular formula is C22H27FN4O2. The van der Waals surface area contributed by atoms with Gasteiger partial charge in [0.05, 0.1) is 0 Å². The van der Waals surface area contributed by atoms with Gasteiger partial charge in [-0.05, 0) is 31.9 Å². The standard InChI is InChI=1S/C22H27FN4O2/c1-16-14-26(11-12-27(16)22(28)17-7-3-2-4-8-17)20-13-21(25-15-24-20)29-19-10-6-5-9-18(19)23/h5-6,9-10,13,15-17H,2-4,7-8,11-12,14H2,1H3/t16-/m0/s1. The number of carbonyl (C=O) groups excluding carboxylic acids is 1. The number of para-hydroxylation sites is 1. The molecule has 7 heteroatoms. The van der Waals surface area contributed by atoms with Crippen LogP contribution in [0.5, 0.6) is 11.6 Å². The Labute approximate surface area is 170 Å². The van der Waals surface area contributed by atoms with E-state index < -0.39 is 5.82 Å². The lowest BCUT2D eigenvalue weighted by Gasteiger charge is -2.42. The van der Waals surface area contributed by atoms with Gasteiger partial charge in [-0.2, -0.15) is 0 Å². The fourth-order valence-corrected chi connectivity index (χ4v) is 4.28. The van der Waals surface area contributed by atoms with Gasteiger partial charge in [0.1, 0.15) is 12.1 Å². The predicted molar refractivity (Wildman–Crippen MR) is 108 cm³/mol. The third kappa shape index (κ3) is 4.49. The van der Waals surface area contributed by atoms with E-state index >= 15 is 0 Å². The zero-order valence-electron chi connectivity index (χ0n) is 16.8. The van der Waals surface area contributed by atoms with Gasteiger partial charge in [-0.15, -0.1) is 0 Å². The number of hydrogen-bond donors (Lipinski definition) is 0. The molecule has 0 radical (unpaired) electrons. The molecule has 1 saturated heterocycles. The van der Waals surface area contributed by atoms with E-state index in [1.54, 1.807) is 24.3 Å². The molecule has 1 aliphatic carbocycles. The van der Waals surface area contributed by atoms with Gasteiger partial charge < -0.3 is 14.5 Å². The summed E-state index contributed by atoms with van der Waals surface area (Å²) in [5.41, 5.74) is 0. The van der Waals surface area contributed by atoms with Crippen molar-refractivity contribution in [2.24, 2.45) is 5.92 Å². The number of carbonyl (C=O) groups is 1. The van der Waals surface area contributed by atoms with E-state index in [4.69, 9.17) is 4.74 Å². The Morgan fingerprint density at radius 2 is 1.93 bits per heavy atom. The second-order valence-corrected chi connectivity index (χ2v) is 7.91. The lowest BCUT2D eigenvalue weighted by atomic mass is 9.88. The Bertz CT molecular complexity index is 856. The lowest BCUT2D eigenvalue weighted by molar-refractivity contribution is -0.139. The number of piperazine rings is 1. The zero-order valence-corrected chi connectivity index (χ0v) is 16.8. The number of ether oxygens (including phenoxy) is 1. The molecule has 0 N–H and O–H groups in total. The first-order valence-corrected chi connectivity index (χ1v) is 10.4. The Kier molecular flexibility index (Phi) is 5.92. The van der Waals surface area contributed by atoms with Crippen molar-refractivity contribution in [2.45, 2.75) is 45.1 Å². The summed E-state index contributed by atoms with van der Waals surface area (Å²) in [6.07, 6.45) is 7.05. The first-order valence-electron chi connectivity index (χ1n) is 10.4. The summed E-state index contributed by atoms with van der Waals surface area (Å²) in [7, 11) is 0. The van der Waals surface area contributed by atoms with Crippen LogP contribution >= 0.6 is 0 Å². The van der Waals surface area contributed by atoms with Crippen molar-refractivity contribution in [1.29, 1.82) is 0 Å². The third-order valence-corrected chi connectivity index (χ3v) is 5.87. The molecule has 6 nitrogen and oxygen atoms in total. The highest BCUT2D eigenvalue weighted by molar-refractivity contribution is 5.79. The van der Waals surface area contributed by atoms with Crippen molar-refractivity contribution in [3.05, 3.63) is 42.5 Å². The minimum absolute atomic E-state index is 0.115. The summed E-state index contributed by atoms with van der Waals surface area (Å²) in [4.78, 5) is 25.5. The maximum Gasteiger partial charge on any atom is 0.226 e. The van der Waals surface area contributed by atoms with Gasteiger partial charge in [-0.25, -0.2) is 14.4 Å². The number of benzene rings is 1. The van der Waals surface area contributed by atoms with Gasteiger partial charge in [0, 0.05) is 37.7 Å².